The van der Waals surface area contributed by atoms with Crippen LogP contribution in [0.3, 0.4) is 0 Å². The van der Waals surface area contributed by atoms with Gasteiger partial charge in [-0.15, -0.1) is 0 Å². The van der Waals surface area contributed by atoms with E-state index in [1.807, 2.05) is 44.2 Å². The lowest BCUT2D eigenvalue weighted by molar-refractivity contribution is -0.137. The molecular weight excluding hydrogens is 294 g/mol. The summed E-state index contributed by atoms with van der Waals surface area (Å²) in [5, 5.41) is 10.2. The SMILES string of the molecule is CCCC(O)C(CC)C(=O)N1C(=O)OC[C@H]1Cc1ccccc1. The molecule has 2 amide bonds. The maximum absolute atomic E-state index is 12.8. The molecule has 0 radical (unpaired) electrons. The van der Waals surface area contributed by atoms with E-state index in [9.17, 15) is 14.7 Å². The van der Waals surface area contributed by atoms with Gasteiger partial charge in [-0.1, -0.05) is 50.6 Å². The molecular formula is C18H25NO4. The van der Waals surface area contributed by atoms with Gasteiger partial charge in [0.1, 0.15) is 6.61 Å². The lowest BCUT2D eigenvalue weighted by Crippen LogP contribution is -2.46. The summed E-state index contributed by atoms with van der Waals surface area (Å²) in [6.45, 7) is 4.03. The fraction of sp³-hybridized carbons (Fsp3) is 0.556. The third-order valence-corrected chi connectivity index (χ3v) is 4.32. The fourth-order valence-electron chi connectivity index (χ4n) is 3.05. The highest BCUT2D eigenvalue weighted by Gasteiger charge is 2.41. The molecule has 0 aliphatic carbocycles. The smallest absolute Gasteiger partial charge is 0.416 e. The Bertz CT molecular complexity index is 531. The number of hydrogen-bond donors (Lipinski definition) is 1. The molecule has 1 saturated heterocycles. The maximum atomic E-state index is 12.8. The van der Waals surface area contributed by atoms with E-state index in [-0.39, 0.29) is 18.6 Å². The highest BCUT2D eigenvalue weighted by molar-refractivity contribution is 5.95. The molecule has 1 fully saturated rings. The molecule has 1 N–H and O–H groups in total. The number of aliphatic hydroxyl groups is 1. The number of carbonyl (C=O) groups is 2. The quantitative estimate of drug-likeness (QED) is 0.839. The Labute approximate surface area is 137 Å². The standard InChI is InChI=1S/C18H25NO4/c1-3-8-16(20)15(4-2)17(21)19-14(12-23-18(19)22)11-13-9-6-5-7-10-13/h5-7,9-10,14-16,20H,3-4,8,11-12H2,1-2H3/t14-,15?,16?/m1/s1. The van der Waals surface area contributed by atoms with Crippen LogP contribution in [0.5, 0.6) is 0 Å². The number of amides is 2. The first kappa shape index (κ1) is 17.5. The average molecular weight is 319 g/mol. The third kappa shape index (κ3) is 4.10. The fourth-order valence-corrected chi connectivity index (χ4v) is 3.05. The van der Waals surface area contributed by atoms with Gasteiger partial charge in [-0.2, -0.15) is 0 Å². The first-order valence-corrected chi connectivity index (χ1v) is 8.30. The molecule has 1 aromatic carbocycles. The Morgan fingerprint density at radius 2 is 2.04 bits per heavy atom. The van der Waals surface area contributed by atoms with E-state index in [1.165, 1.54) is 4.90 Å². The molecule has 5 heteroatoms. The van der Waals surface area contributed by atoms with Gasteiger partial charge in [0.2, 0.25) is 5.91 Å². The summed E-state index contributed by atoms with van der Waals surface area (Å²) in [5.41, 5.74) is 1.05. The summed E-state index contributed by atoms with van der Waals surface area (Å²) in [5.74, 6) is -0.879. The number of cyclic esters (lactones) is 1. The van der Waals surface area contributed by atoms with Gasteiger partial charge in [-0.25, -0.2) is 9.69 Å². The van der Waals surface area contributed by atoms with Crippen molar-refractivity contribution in [1.82, 2.24) is 4.90 Å². The lowest BCUT2D eigenvalue weighted by atomic mass is 9.93. The van der Waals surface area contributed by atoms with Crippen molar-refractivity contribution in [3.63, 3.8) is 0 Å². The van der Waals surface area contributed by atoms with Crippen LogP contribution in [-0.4, -0.2) is 40.8 Å². The van der Waals surface area contributed by atoms with E-state index in [1.54, 1.807) is 0 Å². The largest absolute Gasteiger partial charge is 0.447 e. The first-order chi connectivity index (χ1) is 11.1. The number of hydrogen-bond acceptors (Lipinski definition) is 4. The Morgan fingerprint density at radius 1 is 1.35 bits per heavy atom. The van der Waals surface area contributed by atoms with Crippen LogP contribution in [0.1, 0.15) is 38.7 Å². The summed E-state index contributed by atoms with van der Waals surface area (Å²) < 4.78 is 5.09. The van der Waals surface area contributed by atoms with Crippen molar-refractivity contribution in [2.75, 3.05) is 6.61 Å². The van der Waals surface area contributed by atoms with Crippen molar-refractivity contribution in [3.8, 4) is 0 Å². The van der Waals surface area contributed by atoms with Gasteiger partial charge >= 0.3 is 6.09 Å². The van der Waals surface area contributed by atoms with Crippen molar-refractivity contribution in [2.24, 2.45) is 5.92 Å². The third-order valence-electron chi connectivity index (χ3n) is 4.32. The highest BCUT2D eigenvalue weighted by Crippen LogP contribution is 2.24. The van der Waals surface area contributed by atoms with Gasteiger partial charge in [0.25, 0.3) is 0 Å². The number of ether oxygens (including phenoxy) is 1. The molecule has 5 nitrogen and oxygen atoms in total. The maximum Gasteiger partial charge on any atom is 0.416 e. The second-order valence-corrected chi connectivity index (χ2v) is 6.00. The minimum absolute atomic E-state index is 0.208. The Balaban J connectivity index is 2.13. The predicted octanol–water partition coefficient (Wildman–Crippen LogP) is 2.76. The van der Waals surface area contributed by atoms with E-state index < -0.39 is 18.1 Å². The van der Waals surface area contributed by atoms with Crippen molar-refractivity contribution >= 4 is 12.0 Å². The average Bonchev–Trinajstić information content (AvgIpc) is 2.89. The Hall–Kier alpha value is -1.88. The highest BCUT2D eigenvalue weighted by atomic mass is 16.6. The van der Waals surface area contributed by atoms with E-state index in [0.717, 1.165) is 12.0 Å². The van der Waals surface area contributed by atoms with Gasteiger partial charge in [0.15, 0.2) is 0 Å². The summed E-state index contributed by atoms with van der Waals surface area (Å²) in [6, 6.07) is 9.42. The predicted molar refractivity (Wildman–Crippen MR) is 86.8 cm³/mol. The van der Waals surface area contributed by atoms with Crippen LogP contribution in [0.4, 0.5) is 4.79 Å². The molecule has 0 aromatic heterocycles. The Kier molecular flexibility index (Phi) is 6.16. The zero-order valence-corrected chi connectivity index (χ0v) is 13.8. The molecule has 1 aliphatic heterocycles. The monoisotopic (exact) mass is 319 g/mol. The van der Waals surface area contributed by atoms with Crippen LogP contribution in [0.25, 0.3) is 0 Å². The van der Waals surface area contributed by atoms with E-state index in [0.29, 0.717) is 19.3 Å². The second kappa shape index (κ2) is 8.11. The van der Waals surface area contributed by atoms with Gasteiger partial charge in [-0.05, 0) is 24.8 Å². The summed E-state index contributed by atoms with van der Waals surface area (Å²) in [7, 11) is 0. The summed E-state index contributed by atoms with van der Waals surface area (Å²) in [6.07, 6.45) is 1.10. The van der Waals surface area contributed by atoms with Crippen LogP contribution in [0.2, 0.25) is 0 Å². The molecule has 2 unspecified atom stereocenters. The number of imide groups is 1. The van der Waals surface area contributed by atoms with Crippen molar-refractivity contribution in [2.45, 2.75) is 51.7 Å². The molecule has 0 saturated carbocycles. The molecule has 126 valence electrons. The van der Waals surface area contributed by atoms with Gasteiger partial charge < -0.3 is 9.84 Å². The molecule has 1 heterocycles. The molecule has 1 aliphatic rings. The van der Waals surface area contributed by atoms with Gasteiger partial charge in [-0.3, -0.25) is 4.79 Å². The van der Waals surface area contributed by atoms with Crippen LogP contribution in [0.15, 0.2) is 30.3 Å². The van der Waals surface area contributed by atoms with Crippen LogP contribution in [-0.2, 0) is 16.0 Å². The first-order valence-electron chi connectivity index (χ1n) is 8.30. The second-order valence-electron chi connectivity index (χ2n) is 6.00. The number of nitrogens with zero attached hydrogens (tertiary/aromatic N) is 1. The zero-order valence-electron chi connectivity index (χ0n) is 13.8. The zero-order chi connectivity index (χ0) is 16.8. The van der Waals surface area contributed by atoms with E-state index in [2.05, 4.69) is 0 Å². The summed E-state index contributed by atoms with van der Waals surface area (Å²) >= 11 is 0. The number of benzene rings is 1. The van der Waals surface area contributed by atoms with E-state index >= 15 is 0 Å². The summed E-state index contributed by atoms with van der Waals surface area (Å²) in [4.78, 5) is 26.0. The van der Waals surface area contributed by atoms with Crippen LogP contribution >= 0.6 is 0 Å². The van der Waals surface area contributed by atoms with Gasteiger partial charge in [0, 0.05) is 0 Å². The Morgan fingerprint density at radius 3 is 2.65 bits per heavy atom. The number of aliphatic hydroxyl groups excluding tert-OH is 1. The lowest BCUT2D eigenvalue weighted by Gasteiger charge is -2.27. The topological polar surface area (TPSA) is 66.8 Å². The number of carbonyl (C=O) groups excluding carboxylic acids is 2. The van der Waals surface area contributed by atoms with Crippen molar-refractivity contribution < 1.29 is 19.4 Å². The van der Waals surface area contributed by atoms with Crippen LogP contribution < -0.4 is 0 Å². The minimum atomic E-state index is -0.719. The molecule has 0 spiro atoms. The molecule has 2 rings (SSSR count). The van der Waals surface area contributed by atoms with Crippen molar-refractivity contribution in [1.29, 1.82) is 0 Å². The normalized spacial score (nSPS) is 20.2. The minimum Gasteiger partial charge on any atom is -0.447 e. The van der Waals surface area contributed by atoms with Gasteiger partial charge in [0.05, 0.1) is 18.1 Å². The number of rotatable bonds is 7. The van der Waals surface area contributed by atoms with Crippen molar-refractivity contribution in [3.05, 3.63) is 35.9 Å². The molecule has 1 aromatic rings. The molecule has 3 atom stereocenters. The van der Waals surface area contributed by atoms with Crippen LogP contribution in [0, 0.1) is 5.92 Å². The molecule has 0 bridgehead atoms. The van der Waals surface area contributed by atoms with E-state index in [4.69, 9.17) is 4.74 Å². The molecule has 23 heavy (non-hydrogen) atoms.